The highest BCUT2D eigenvalue weighted by atomic mass is 16.6. The van der Waals surface area contributed by atoms with Crippen LogP contribution in [0.4, 0.5) is 5.69 Å². The number of hydrogen-bond acceptors (Lipinski definition) is 5. The molecule has 0 aliphatic rings. The zero-order valence-electron chi connectivity index (χ0n) is 14.2. The minimum atomic E-state index is -0.755. The Balaban J connectivity index is 2.29. The van der Waals surface area contributed by atoms with Crippen LogP contribution in [-0.4, -0.2) is 32.9 Å². The molecule has 24 heavy (non-hydrogen) atoms. The van der Waals surface area contributed by atoms with Gasteiger partial charge in [-0.25, -0.2) is 4.79 Å². The zero-order valence-corrected chi connectivity index (χ0v) is 14.2. The van der Waals surface area contributed by atoms with Crippen molar-refractivity contribution in [2.45, 2.75) is 19.1 Å². The third-order valence-electron chi connectivity index (χ3n) is 3.65. The molecule has 2 atom stereocenters. The van der Waals surface area contributed by atoms with Gasteiger partial charge in [0.15, 0.2) is 6.10 Å². The molecule has 5 heteroatoms. The molecular formula is C19H23NO4. The zero-order chi connectivity index (χ0) is 17.4. The van der Waals surface area contributed by atoms with E-state index in [-0.39, 0.29) is 6.04 Å². The van der Waals surface area contributed by atoms with E-state index in [0.29, 0.717) is 6.61 Å². The molecule has 128 valence electrons. The average Bonchev–Trinajstić information content (AvgIpc) is 2.63. The second kappa shape index (κ2) is 8.93. The van der Waals surface area contributed by atoms with Crippen molar-refractivity contribution in [1.29, 1.82) is 0 Å². The third-order valence-corrected chi connectivity index (χ3v) is 3.65. The smallest absolute Gasteiger partial charge is 0.337 e. The molecule has 2 aromatic carbocycles. The molecule has 0 radical (unpaired) electrons. The van der Waals surface area contributed by atoms with Crippen LogP contribution in [0.3, 0.4) is 0 Å². The Bertz CT molecular complexity index is 628. The molecule has 0 spiro atoms. The van der Waals surface area contributed by atoms with Gasteiger partial charge in [-0.15, -0.1) is 0 Å². The molecule has 0 amide bonds. The molecule has 2 aromatic rings. The second-order valence-corrected chi connectivity index (χ2v) is 5.17. The minimum Gasteiger partial charge on any atom is -0.497 e. The number of hydrogen-bond donors (Lipinski definition) is 1. The van der Waals surface area contributed by atoms with E-state index in [2.05, 4.69) is 5.32 Å². The Hall–Kier alpha value is -2.53. The SMILES string of the molecule is CCOC(=O)[C@@H](OC)[C@@H](Nc1ccc(OC)cc1)c1ccccc1. The van der Waals surface area contributed by atoms with Crippen molar-refractivity contribution in [3.8, 4) is 5.75 Å². The maximum Gasteiger partial charge on any atom is 0.337 e. The largest absolute Gasteiger partial charge is 0.497 e. The van der Waals surface area contributed by atoms with E-state index in [0.717, 1.165) is 17.0 Å². The van der Waals surface area contributed by atoms with Crippen molar-refractivity contribution in [2.75, 3.05) is 26.1 Å². The summed E-state index contributed by atoms with van der Waals surface area (Å²) in [5, 5.41) is 3.36. The number of nitrogens with one attached hydrogen (secondary N) is 1. The second-order valence-electron chi connectivity index (χ2n) is 5.17. The fraction of sp³-hybridized carbons (Fsp3) is 0.316. The summed E-state index contributed by atoms with van der Waals surface area (Å²) in [6.07, 6.45) is -0.755. The Labute approximate surface area is 142 Å². The van der Waals surface area contributed by atoms with Gasteiger partial charge >= 0.3 is 5.97 Å². The molecule has 0 unspecified atom stereocenters. The summed E-state index contributed by atoms with van der Waals surface area (Å²) in [5.74, 6) is 0.375. The van der Waals surface area contributed by atoms with Gasteiger partial charge in [0.1, 0.15) is 5.75 Å². The summed E-state index contributed by atoms with van der Waals surface area (Å²) in [4.78, 5) is 12.3. The van der Waals surface area contributed by atoms with E-state index in [9.17, 15) is 4.79 Å². The van der Waals surface area contributed by atoms with Crippen LogP contribution >= 0.6 is 0 Å². The van der Waals surface area contributed by atoms with Crippen LogP contribution in [0, 0.1) is 0 Å². The van der Waals surface area contributed by atoms with Crippen molar-refractivity contribution in [1.82, 2.24) is 0 Å². The molecule has 5 nitrogen and oxygen atoms in total. The van der Waals surface area contributed by atoms with Crippen LogP contribution in [-0.2, 0) is 14.3 Å². The van der Waals surface area contributed by atoms with E-state index in [4.69, 9.17) is 14.2 Å². The van der Waals surface area contributed by atoms with Gasteiger partial charge in [-0.05, 0) is 36.8 Å². The van der Waals surface area contributed by atoms with Gasteiger partial charge in [0.2, 0.25) is 0 Å². The van der Waals surface area contributed by atoms with Crippen LogP contribution in [0.15, 0.2) is 54.6 Å². The van der Waals surface area contributed by atoms with Crippen LogP contribution in [0.5, 0.6) is 5.75 Å². The molecular weight excluding hydrogens is 306 g/mol. The Morgan fingerprint density at radius 2 is 1.71 bits per heavy atom. The monoisotopic (exact) mass is 329 g/mol. The van der Waals surface area contributed by atoms with Gasteiger partial charge in [0, 0.05) is 12.8 Å². The highest BCUT2D eigenvalue weighted by Crippen LogP contribution is 2.26. The van der Waals surface area contributed by atoms with Gasteiger partial charge in [-0.1, -0.05) is 30.3 Å². The quantitative estimate of drug-likeness (QED) is 0.752. The van der Waals surface area contributed by atoms with Crippen molar-refractivity contribution < 1.29 is 19.0 Å². The standard InChI is InChI=1S/C19H23NO4/c1-4-24-19(21)18(23-3)17(14-8-6-5-7-9-14)20-15-10-12-16(22-2)13-11-15/h5-13,17-18,20H,4H2,1-3H3/t17-,18-/m0/s1. The van der Waals surface area contributed by atoms with E-state index in [1.54, 1.807) is 14.0 Å². The number of esters is 1. The summed E-state index contributed by atoms with van der Waals surface area (Å²) < 4.78 is 15.8. The highest BCUT2D eigenvalue weighted by Gasteiger charge is 2.31. The van der Waals surface area contributed by atoms with E-state index < -0.39 is 12.1 Å². The normalized spacial score (nSPS) is 13.0. The highest BCUT2D eigenvalue weighted by molar-refractivity contribution is 5.77. The van der Waals surface area contributed by atoms with Crippen molar-refractivity contribution in [3.63, 3.8) is 0 Å². The first kappa shape index (κ1) is 17.8. The summed E-state index contributed by atoms with van der Waals surface area (Å²) in [6, 6.07) is 16.8. The first-order valence-electron chi connectivity index (χ1n) is 7.84. The Kier molecular flexibility index (Phi) is 6.63. The molecule has 0 bridgehead atoms. The molecule has 0 saturated heterocycles. The molecule has 0 heterocycles. The topological polar surface area (TPSA) is 56.8 Å². The number of carbonyl (C=O) groups is 1. The lowest BCUT2D eigenvalue weighted by Crippen LogP contribution is -2.36. The number of methoxy groups -OCH3 is 2. The molecule has 1 N–H and O–H groups in total. The van der Waals surface area contributed by atoms with E-state index >= 15 is 0 Å². The van der Waals surface area contributed by atoms with E-state index in [1.165, 1.54) is 7.11 Å². The predicted octanol–water partition coefficient (Wildman–Crippen LogP) is 3.43. The maximum absolute atomic E-state index is 12.3. The fourth-order valence-electron chi connectivity index (χ4n) is 2.45. The molecule has 0 fully saturated rings. The van der Waals surface area contributed by atoms with Crippen LogP contribution in [0.2, 0.25) is 0 Å². The molecule has 0 saturated carbocycles. The van der Waals surface area contributed by atoms with Gasteiger partial charge in [-0.3, -0.25) is 0 Å². The molecule has 0 aromatic heterocycles. The van der Waals surface area contributed by atoms with Crippen molar-refractivity contribution in [2.24, 2.45) is 0 Å². The van der Waals surface area contributed by atoms with Crippen molar-refractivity contribution >= 4 is 11.7 Å². The van der Waals surface area contributed by atoms with Crippen LogP contribution in [0.1, 0.15) is 18.5 Å². The minimum absolute atomic E-state index is 0.308. The molecule has 0 aliphatic heterocycles. The average molecular weight is 329 g/mol. The fourth-order valence-corrected chi connectivity index (χ4v) is 2.45. The van der Waals surface area contributed by atoms with Gasteiger partial charge in [-0.2, -0.15) is 0 Å². The number of rotatable bonds is 8. The maximum atomic E-state index is 12.3. The summed E-state index contributed by atoms with van der Waals surface area (Å²) in [7, 11) is 3.13. The van der Waals surface area contributed by atoms with Gasteiger partial charge < -0.3 is 19.5 Å². The lowest BCUT2D eigenvalue weighted by Gasteiger charge is -2.27. The predicted molar refractivity (Wildman–Crippen MR) is 93.2 cm³/mol. The summed E-state index contributed by atoms with van der Waals surface area (Å²) >= 11 is 0. The summed E-state index contributed by atoms with van der Waals surface area (Å²) in [6.45, 7) is 2.09. The van der Waals surface area contributed by atoms with Gasteiger partial charge in [0.25, 0.3) is 0 Å². The number of anilines is 1. The van der Waals surface area contributed by atoms with Crippen molar-refractivity contribution in [3.05, 3.63) is 60.2 Å². The van der Waals surface area contributed by atoms with Gasteiger partial charge in [0.05, 0.1) is 19.8 Å². The third kappa shape index (κ3) is 4.49. The number of carbonyl (C=O) groups excluding carboxylic acids is 1. The molecule has 2 rings (SSSR count). The van der Waals surface area contributed by atoms with E-state index in [1.807, 2.05) is 54.6 Å². The Morgan fingerprint density at radius 1 is 1.04 bits per heavy atom. The number of benzene rings is 2. The lowest BCUT2D eigenvalue weighted by atomic mass is 10.0. The Morgan fingerprint density at radius 3 is 2.25 bits per heavy atom. The number of ether oxygens (including phenoxy) is 3. The van der Waals surface area contributed by atoms with Crippen LogP contribution in [0.25, 0.3) is 0 Å². The first-order chi connectivity index (χ1) is 11.7. The summed E-state index contributed by atoms with van der Waals surface area (Å²) in [5.41, 5.74) is 1.80. The molecule has 0 aliphatic carbocycles. The first-order valence-corrected chi connectivity index (χ1v) is 7.84. The van der Waals surface area contributed by atoms with Crippen LogP contribution < -0.4 is 10.1 Å². The lowest BCUT2D eigenvalue weighted by molar-refractivity contribution is -0.155.